The van der Waals surface area contributed by atoms with E-state index < -0.39 is 6.29 Å². The van der Waals surface area contributed by atoms with Gasteiger partial charge in [-0.05, 0) is 102 Å². The molecule has 4 bridgehead atoms. The molecule has 3 N–H and O–H groups in total. The molecular weight excluding hydrogens is 645 g/mol. The summed E-state index contributed by atoms with van der Waals surface area (Å²) >= 11 is 1.58. The van der Waals surface area contributed by atoms with Crippen LogP contribution in [0.5, 0.6) is 0 Å². The van der Waals surface area contributed by atoms with Gasteiger partial charge in [-0.1, -0.05) is 79.3 Å². The Morgan fingerprint density at radius 1 is 0.840 bits per heavy atom. The van der Waals surface area contributed by atoms with Gasteiger partial charge in [-0.3, -0.25) is 0 Å². The third-order valence-electron chi connectivity index (χ3n) is 11.3. The molecule has 3 aromatic carbocycles. The van der Waals surface area contributed by atoms with E-state index in [2.05, 4.69) is 70.0 Å². The number of thioether (sulfide) groups is 1. The van der Waals surface area contributed by atoms with Gasteiger partial charge >= 0.3 is 6.03 Å². The maximum absolute atomic E-state index is 13.1. The van der Waals surface area contributed by atoms with Crippen molar-refractivity contribution in [2.75, 3.05) is 5.75 Å². The van der Waals surface area contributed by atoms with E-state index in [4.69, 9.17) is 9.47 Å². The van der Waals surface area contributed by atoms with Crippen LogP contribution >= 0.6 is 11.8 Å². The zero-order valence-electron chi connectivity index (χ0n) is 28.5. The zero-order chi connectivity index (χ0) is 34.1. The molecule has 4 aliphatic carbocycles. The summed E-state index contributed by atoms with van der Waals surface area (Å²) in [7, 11) is 0. The highest BCUT2D eigenvalue weighted by molar-refractivity contribution is 7.99. The third-order valence-corrected chi connectivity index (χ3v) is 12.3. The van der Waals surface area contributed by atoms with E-state index in [1.54, 1.807) is 24.2 Å². The van der Waals surface area contributed by atoms with E-state index in [0.717, 1.165) is 75.6 Å². The van der Waals surface area contributed by atoms with Crippen LogP contribution in [0.4, 0.5) is 4.79 Å². The summed E-state index contributed by atoms with van der Waals surface area (Å²) in [6.07, 6.45) is 10.1. The molecule has 2 heterocycles. The van der Waals surface area contributed by atoms with Crippen molar-refractivity contribution in [3.8, 4) is 11.1 Å². The third kappa shape index (κ3) is 7.33. The number of aliphatic hydroxyl groups is 1. The maximum Gasteiger partial charge on any atom is 0.315 e. The van der Waals surface area contributed by atoms with Gasteiger partial charge in [0.2, 0.25) is 0 Å². The van der Waals surface area contributed by atoms with Crippen molar-refractivity contribution in [2.45, 2.75) is 87.8 Å². The highest BCUT2D eigenvalue weighted by Gasteiger charge is 2.51. The molecule has 0 radical (unpaired) electrons. The summed E-state index contributed by atoms with van der Waals surface area (Å²) in [5.41, 5.74) is 6.04. The van der Waals surface area contributed by atoms with E-state index in [1.807, 2.05) is 36.4 Å². The Hall–Kier alpha value is -3.76. The molecule has 1 saturated heterocycles. The number of hydrogen-bond donors (Lipinski definition) is 3. The molecule has 0 unspecified atom stereocenters. The first-order valence-electron chi connectivity index (χ1n) is 18.1. The Morgan fingerprint density at radius 3 is 2.22 bits per heavy atom. The van der Waals surface area contributed by atoms with Crippen LogP contribution in [0.15, 0.2) is 96.4 Å². The molecule has 4 atom stereocenters. The van der Waals surface area contributed by atoms with E-state index in [1.165, 1.54) is 19.3 Å². The van der Waals surface area contributed by atoms with E-state index in [9.17, 15) is 9.90 Å². The smallest absolute Gasteiger partial charge is 0.315 e. The number of benzene rings is 3. The van der Waals surface area contributed by atoms with E-state index in [0.29, 0.717) is 12.3 Å². The summed E-state index contributed by atoms with van der Waals surface area (Å²) in [5.74, 6) is 3.12. The first-order chi connectivity index (χ1) is 24.4. The number of aromatic nitrogens is 2. The molecule has 4 aromatic rings. The van der Waals surface area contributed by atoms with Crippen LogP contribution in [0.25, 0.3) is 11.1 Å². The molecular formula is C41H46N4O4S. The summed E-state index contributed by atoms with van der Waals surface area (Å²) in [6, 6.07) is 26.5. The average Bonchev–Trinajstić information content (AvgIpc) is 3.13. The van der Waals surface area contributed by atoms with Gasteiger partial charge in [0, 0.05) is 41.7 Å². The number of carbonyl (C=O) groups is 1. The van der Waals surface area contributed by atoms with Crippen LogP contribution < -0.4 is 10.6 Å². The fourth-order valence-corrected chi connectivity index (χ4v) is 10.2. The van der Waals surface area contributed by atoms with Crippen LogP contribution in [0.3, 0.4) is 0 Å². The number of amides is 2. The number of rotatable bonds is 10. The molecule has 9 rings (SSSR count). The summed E-state index contributed by atoms with van der Waals surface area (Å²) < 4.78 is 13.4. The number of nitrogens with one attached hydrogen (secondary N) is 2. The van der Waals surface area contributed by atoms with Gasteiger partial charge in [0.25, 0.3) is 0 Å². The van der Waals surface area contributed by atoms with Crippen molar-refractivity contribution < 1.29 is 19.4 Å². The first kappa shape index (κ1) is 33.4. The van der Waals surface area contributed by atoms with Crippen molar-refractivity contribution in [2.24, 2.45) is 23.7 Å². The number of ether oxygens (including phenoxy) is 2. The van der Waals surface area contributed by atoms with Gasteiger partial charge in [0.1, 0.15) is 0 Å². The monoisotopic (exact) mass is 690 g/mol. The minimum absolute atomic E-state index is 0.00251. The minimum Gasteiger partial charge on any atom is -0.392 e. The lowest BCUT2D eigenvalue weighted by Crippen LogP contribution is -2.61. The van der Waals surface area contributed by atoms with Crippen molar-refractivity contribution in [1.29, 1.82) is 0 Å². The summed E-state index contributed by atoms with van der Waals surface area (Å²) in [4.78, 5) is 21.9. The molecule has 8 nitrogen and oxygen atoms in total. The largest absolute Gasteiger partial charge is 0.392 e. The van der Waals surface area contributed by atoms with Crippen LogP contribution in [-0.4, -0.2) is 38.5 Å². The minimum atomic E-state index is -0.575. The Labute approximate surface area is 298 Å². The Bertz CT molecular complexity index is 1750. The van der Waals surface area contributed by atoms with E-state index >= 15 is 0 Å². The van der Waals surface area contributed by atoms with Crippen LogP contribution in [-0.2, 0) is 22.6 Å². The fourth-order valence-electron chi connectivity index (χ4n) is 9.28. The summed E-state index contributed by atoms with van der Waals surface area (Å²) in [5, 5.41) is 16.9. The lowest BCUT2D eigenvalue weighted by molar-refractivity contribution is -0.268. The maximum atomic E-state index is 13.1. The summed E-state index contributed by atoms with van der Waals surface area (Å²) in [6.45, 7) is 2.64. The van der Waals surface area contributed by atoms with Crippen LogP contribution in [0, 0.1) is 23.7 Å². The zero-order valence-corrected chi connectivity index (χ0v) is 29.4. The number of hydrogen-bond acceptors (Lipinski definition) is 7. The lowest BCUT2D eigenvalue weighted by Gasteiger charge is -2.56. The van der Waals surface area contributed by atoms with Gasteiger partial charge < -0.3 is 25.2 Å². The predicted molar refractivity (Wildman–Crippen MR) is 194 cm³/mol. The van der Waals surface area contributed by atoms with Crippen molar-refractivity contribution in [1.82, 2.24) is 20.6 Å². The molecule has 5 aliphatic rings. The highest BCUT2D eigenvalue weighted by atomic mass is 32.2. The van der Waals surface area contributed by atoms with Crippen molar-refractivity contribution in [3.05, 3.63) is 114 Å². The van der Waals surface area contributed by atoms with Gasteiger partial charge in [-0.2, -0.15) is 0 Å². The van der Waals surface area contributed by atoms with Gasteiger partial charge in [-0.25, -0.2) is 14.8 Å². The standard InChI is InChI=1S/C41H46N4O4S/c1-26-36(25-50-40-42-13-4-14-43-40)48-38(49-37(26)32-11-9-27(24-46)10-12-32)35-8-3-7-34(19-35)33-6-2-5-28(18-33)23-44-39(47)45-41-20-29-15-30(21-41)17-31(16-29)22-41/h2-14,18-19,26,29-31,36-38,46H,15-17,20-25H2,1H3,(H2,44,45,47)/t26-,29?,30?,31?,36+,37+,38+,41?/m1/s1. The van der Waals surface area contributed by atoms with Crippen molar-refractivity contribution in [3.63, 3.8) is 0 Å². The van der Waals surface area contributed by atoms with Gasteiger partial charge in [-0.15, -0.1) is 0 Å². The lowest BCUT2D eigenvalue weighted by atomic mass is 9.53. The molecule has 1 aromatic heterocycles. The number of urea groups is 1. The first-order valence-corrected chi connectivity index (χ1v) is 19.1. The second-order valence-corrected chi connectivity index (χ2v) is 16.0. The quantitative estimate of drug-likeness (QED) is 0.114. The normalized spacial score (nSPS) is 29.8. The molecule has 50 heavy (non-hydrogen) atoms. The fraction of sp³-hybridized carbons (Fsp3) is 0.439. The molecule has 0 spiro atoms. The molecule has 9 heteroatoms. The molecule has 260 valence electrons. The van der Waals surface area contributed by atoms with Crippen molar-refractivity contribution >= 4 is 17.8 Å². The number of aliphatic hydroxyl groups excluding tert-OH is 1. The topological polar surface area (TPSA) is 106 Å². The average molecular weight is 691 g/mol. The van der Waals surface area contributed by atoms with Gasteiger partial charge in [0.15, 0.2) is 11.4 Å². The molecule has 5 fully saturated rings. The van der Waals surface area contributed by atoms with Crippen LogP contribution in [0.2, 0.25) is 0 Å². The van der Waals surface area contributed by atoms with Gasteiger partial charge in [0.05, 0.1) is 18.8 Å². The number of nitrogens with zero attached hydrogens (tertiary/aromatic N) is 2. The SMILES string of the molecule is C[C@@H]1[C@H](CSc2ncccn2)O[C@H](c2cccc(-c3cccc(CNC(=O)NC45CC6CC(CC(C6)C4)C5)c3)c2)O[C@@H]1c1ccc(CO)cc1. The highest BCUT2D eigenvalue weighted by Crippen LogP contribution is 2.55. The molecule has 4 saturated carbocycles. The Balaban J connectivity index is 0.966. The Morgan fingerprint density at radius 2 is 1.52 bits per heavy atom. The second-order valence-electron chi connectivity index (χ2n) is 15.0. The molecule has 2 amide bonds. The van der Waals surface area contributed by atoms with E-state index in [-0.39, 0.29) is 36.3 Å². The number of carbonyl (C=O) groups excluding carboxylic acids is 1. The van der Waals surface area contributed by atoms with Crippen LogP contribution in [0.1, 0.15) is 80.1 Å². The Kier molecular flexibility index (Phi) is 9.66. The molecule has 1 aliphatic heterocycles. The second kappa shape index (κ2) is 14.5. The predicted octanol–water partition coefficient (Wildman–Crippen LogP) is 7.99.